The third-order valence-corrected chi connectivity index (χ3v) is 3.02. The summed E-state index contributed by atoms with van der Waals surface area (Å²) < 4.78 is 5.21. The van der Waals surface area contributed by atoms with Crippen LogP contribution in [0.1, 0.15) is 20.3 Å². The molecule has 0 radical (unpaired) electrons. The van der Waals surface area contributed by atoms with Crippen molar-refractivity contribution >= 4 is 35.7 Å². The number of aliphatic carboxylic acids is 1. The number of benzene rings is 1. The van der Waals surface area contributed by atoms with Gasteiger partial charge < -0.3 is 15.2 Å². The van der Waals surface area contributed by atoms with Crippen molar-refractivity contribution in [1.82, 2.24) is 4.90 Å². The zero-order valence-corrected chi connectivity index (χ0v) is 14.9. The monoisotopic (exact) mass is 375 g/mol. The number of carboxylic acid groups (broad SMARTS) is 1. The number of hydrogen-bond acceptors (Lipinski definition) is 6. The number of carbonyl (C=O) groups excluding carboxylic acids is 1. The average Bonchev–Trinajstić information content (AvgIpc) is 2.48. The number of nitrogens with zero attached hydrogens (tertiary/aromatic N) is 2. The molecule has 1 rings (SSSR count). The fourth-order valence-electron chi connectivity index (χ4n) is 2.14. The van der Waals surface area contributed by atoms with E-state index in [1.807, 2.05) is 6.92 Å². The maximum absolute atomic E-state index is 12.1. The number of hydrogen-bond donors (Lipinski definition) is 2. The maximum Gasteiger partial charge on any atom is 0.317 e. The Morgan fingerprint density at radius 2 is 2.00 bits per heavy atom. The first-order valence-corrected chi connectivity index (χ1v) is 7.52. The molecule has 1 amide bonds. The van der Waals surface area contributed by atoms with Crippen molar-refractivity contribution < 1.29 is 24.4 Å². The number of nitro benzene ring substituents is 1. The van der Waals surface area contributed by atoms with Gasteiger partial charge in [0.15, 0.2) is 0 Å². The summed E-state index contributed by atoms with van der Waals surface area (Å²) in [6, 6.07) is 4.15. The molecule has 0 bridgehead atoms. The number of rotatable bonds is 10. The van der Waals surface area contributed by atoms with E-state index < -0.39 is 16.8 Å². The Bertz CT molecular complexity index is 611. The molecule has 0 fully saturated rings. The Labute approximate surface area is 151 Å². The van der Waals surface area contributed by atoms with Crippen LogP contribution in [0.2, 0.25) is 0 Å². The van der Waals surface area contributed by atoms with E-state index in [0.29, 0.717) is 25.3 Å². The van der Waals surface area contributed by atoms with E-state index in [1.165, 1.54) is 23.1 Å². The first-order chi connectivity index (χ1) is 11.4. The van der Waals surface area contributed by atoms with Crippen molar-refractivity contribution in [2.75, 3.05) is 31.6 Å². The van der Waals surface area contributed by atoms with Crippen molar-refractivity contribution in [2.24, 2.45) is 0 Å². The quantitative estimate of drug-likeness (QED) is 0.474. The van der Waals surface area contributed by atoms with Crippen LogP contribution in [0.4, 0.5) is 11.4 Å². The molecule has 0 aromatic heterocycles. The topological polar surface area (TPSA) is 122 Å². The Morgan fingerprint density at radius 1 is 1.32 bits per heavy atom. The summed E-state index contributed by atoms with van der Waals surface area (Å²) >= 11 is 0. The largest absolute Gasteiger partial charge is 0.494 e. The minimum atomic E-state index is -1.04. The number of amides is 1. The number of carboxylic acids is 1. The van der Waals surface area contributed by atoms with Gasteiger partial charge in [0.1, 0.15) is 11.4 Å². The molecule has 9 nitrogen and oxygen atoms in total. The van der Waals surface area contributed by atoms with Gasteiger partial charge in [-0.15, -0.1) is 12.4 Å². The van der Waals surface area contributed by atoms with E-state index in [4.69, 9.17) is 9.84 Å². The number of nitro groups is 1. The Hall–Kier alpha value is -2.39. The van der Waals surface area contributed by atoms with E-state index in [9.17, 15) is 19.7 Å². The summed E-state index contributed by atoms with van der Waals surface area (Å²) in [5.41, 5.74) is -0.241. The predicted molar refractivity (Wildman–Crippen MR) is 94.5 cm³/mol. The lowest BCUT2D eigenvalue weighted by Gasteiger charge is -2.18. The van der Waals surface area contributed by atoms with Crippen molar-refractivity contribution in [3.63, 3.8) is 0 Å². The minimum absolute atomic E-state index is 0. The van der Waals surface area contributed by atoms with Gasteiger partial charge >= 0.3 is 5.97 Å². The van der Waals surface area contributed by atoms with Crippen LogP contribution in [0.25, 0.3) is 0 Å². The summed E-state index contributed by atoms with van der Waals surface area (Å²) in [6.07, 6.45) is 0.684. The molecule has 0 unspecified atom stereocenters. The van der Waals surface area contributed by atoms with E-state index in [-0.39, 0.29) is 36.9 Å². The second-order valence-electron chi connectivity index (χ2n) is 5.02. The Balaban J connectivity index is 0.00000576. The van der Waals surface area contributed by atoms with Crippen LogP contribution in [0.3, 0.4) is 0 Å². The van der Waals surface area contributed by atoms with Gasteiger partial charge in [0.2, 0.25) is 5.91 Å². The van der Waals surface area contributed by atoms with Gasteiger partial charge in [-0.3, -0.25) is 24.6 Å². The molecular weight excluding hydrogens is 354 g/mol. The lowest BCUT2D eigenvalue weighted by atomic mass is 10.2. The van der Waals surface area contributed by atoms with Crippen LogP contribution in [0.5, 0.6) is 5.75 Å². The minimum Gasteiger partial charge on any atom is -0.494 e. The number of halogens is 1. The fourth-order valence-corrected chi connectivity index (χ4v) is 2.14. The highest BCUT2D eigenvalue weighted by Gasteiger charge is 2.19. The van der Waals surface area contributed by atoms with Gasteiger partial charge in [-0.1, -0.05) is 6.92 Å². The average molecular weight is 376 g/mol. The summed E-state index contributed by atoms with van der Waals surface area (Å²) in [5.74, 6) is -1.22. The molecular formula is C15H22ClN3O6. The molecule has 1 aromatic carbocycles. The SMILES string of the molecule is CCCN(CC(=O)O)CC(=O)Nc1ccc(OCC)cc1[N+](=O)[O-].Cl. The summed E-state index contributed by atoms with van der Waals surface area (Å²) in [5, 5.41) is 22.4. The molecule has 0 atom stereocenters. The molecule has 140 valence electrons. The lowest BCUT2D eigenvalue weighted by molar-refractivity contribution is -0.384. The Kier molecular flexibility index (Phi) is 10.1. The van der Waals surface area contributed by atoms with Crippen LogP contribution in [-0.2, 0) is 9.59 Å². The second kappa shape index (κ2) is 11.2. The standard InChI is InChI=1S/C15H21N3O6.ClH/c1-3-7-17(10-15(20)21)9-14(19)16-12-6-5-11(24-4-2)8-13(12)18(22)23;/h5-6,8H,3-4,7,9-10H2,1-2H3,(H,16,19)(H,20,21);1H. The van der Waals surface area contributed by atoms with Gasteiger partial charge in [0, 0.05) is 0 Å². The van der Waals surface area contributed by atoms with Crippen molar-refractivity contribution in [2.45, 2.75) is 20.3 Å². The van der Waals surface area contributed by atoms with Gasteiger partial charge in [0.05, 0.1) is 30.7 Å². The smallest absolute Gasteiger partial charge is 0.317 e. The molecule has 25 heavy (non-hydrogen) atoms. The highest BCUT2D eigenvalue weighted by Crippen LogP contribution is 2.29. The van der Waals surface area contributed by atoms with Crippen LogP contribution in [-0.4, -0.2) is 53.0 Å². The number of anilines is 1. The van der Waals surface area contributed by atoms with Crippen molar-refractivity contribution in [3.05, 3.63) is 28.3 Å². The molecule has 0 heterocycles. The van der Waals surface area contributed by atoms with Crippen LogP contribution in [0.15, 0.2) is 18.2 Å². The van der Waals surface area contributed by atoms with E-state index in [0.717, 1.165) is 0 Å². The third-order valence-electron chi connectivity index (χ3n) is 3.02. The summed E-state index contributed by atoms with van der Waals surface area (Å²) in [7, 11) is 0. The zero-order chi connectivity index (χ0) is 18.1. The maximum atomic E-state index is 12.1. The molecule has 0 saturated heterocycles. The second-order valence-corrected chi connectivity index (χ2v) is 5.02. The van der Waals surface area contributed by atoms with Crippen LogP contribution in [0, 0.1) is 10.1 Å². The molecule has 0 aliphatic heterocycles. The molecule has 2 N–H and O–H groups in total. The highest BCUT2D eigenvalue weighted by atomic mass is 35.5. The first-order valence-electron chi connectivity index (χ1n) is 7.52. The van der Waals surface area contributed by atoms with Crippen LogP contribution < -0.4 is 10.1 Å². The fraction of sp³-hybridized carbons (Fsp3) is 0.467. The normalized spacial score (nSPS) is 10.0. The van der Waals surface area contributed by atoms with Gasteiger partial charge in [-0.05, 0) is 32.0 Å². The van der Waals surface area contributed by atoms with E-state index >= 15 is 0 Å². The van der Waals surface area contributed by atoms with E-state index in [2.05, 4.69) is 5.32 Å². The molecule has 0 aliphatic rings. The first kappa shape index (κ1) is 22.6. The third kappa shape index (κ3) is 7.81. The number of ether oxygens (including phenoxy) is 1. The van der Waals surface area contributed by atoms with Gasteiger partial charge in [-0.25, -0.2) is 0 Å². The Morgan fingerprint density at radius 3 is 2.52 bits per heavy atom. The predicted octanol–water partition coefficient (Wildman–Crippen LogP) is 2.15. The number of nitrogens with one attached hydrogen (secondary N) is 1. The van der Waals surface area contributed by atoms with Crippen molar-refractivity contribution in [3.8, 4) is 5.75 Å². The van der Waals surface area contributed by atoms with Gasteiger partial charge in [0.25, 0.3) is 5.69 Å². The number of carbonyl (C=O) groups is 2. The van der Waals surface area contributed by atoms with Gasteiger partial charge in [-0.2, -0.15) is 0 Å². The van der Waals surface area contributed by atoms with Crippen molar-refractivity contribution in [1.29, 1.82) is 0 Å². The molecule has 1 aromatic rings. The molecule has 0 spiro atoms. The highest BCUT2D eigenvalue weighted by molar-refractivity contribution is 5.94. The zero-order valence-electron chi connectivity index (χ0n) is 14.1. The molecule has 10 heteroatoms. The van der Waals surface area contributed by atoms with E-state index in [1.54, 1.807) is 6.92 Å². The molecule has 0 saturated carbocycles. The van der Waals surface area contributed by atoms with Crippen LogP contribution >= 0.6 is 12.4 Å². The summed E-state index contributed by atoms with van der Waals surface area (Å²) in [6.45, 7) is 3.99. The summed E-state index contributed by atoms with van der Waals surface area (Å²) in [4.78, 5) is 34.8. The lowest BCUT2D eigenvalue weighted by Crippen LogP contribution is -2.37. The molecule has 0 aliphatic carbocycles.